The van der Waals surface area contributed by atoms with Crippen LogP contribution in [0, 0.1) is 0 Å². The summed E-state index contributed by atoms with van der Waals surface area (Å²) >= 11 is 0. The van der Waals surface area contributed by atoms with Crippen molar-refractivity contribution in [1.29, 1.82) is 0 Å². The van der Waals surface area contributed by atoms with E-state index in [1.807, 2.05) is 0 Å². The van der Waals surface area contributed by atoms with Gasteiger partial charge in [0.15, 0.2) is 0 Å². The number of rotatable bonds is 3. The fourth-order valence-electron chi connectivity index (χ4n) is 2.92. The molecule has 18 heavy (non-hydrogen) atoms. The molecule has 1 aromatic rings. The van der Waals surface area contributed by atoms with Crippen LogP contribution in [-0.2, 0) is 17.7 Å². The van der Waals surface area contributed by atoms with Crippen LogP contribution in [0.25, 0.3) is 0 Å². The molecule has 2 heterocycles. The Labute approximate surface area is 109 Å². The topological polar surface area (TPSA) is 33.3 Å². The van der Waals surface area contributed by atoms with Crippen molar-refractivity contribution in [2.75, 3.05) is 18.5 Å². The first kappa shape index (κ1) is 12.0. The molecule has 0 aliphatic carbocycles. The normalized spacial score (nSPS) is 30.2. The second-order valence-electron chi connectivity index (χ2n) is 5.66. The van der Waals surface area contributed by atoms with Crippen molar-refractivity contribution in [3.63, 3.8) is 0 Å². The lowest BCUT2D eigenvalue weighted by Gasteiger charge is -2.29. The van der Waals surface area contributed by atoms with E-state index in [1.165, 1.54) is 16.8 Å². The van der Waals surface area contributed by atoms with E-state index in [1.54, 1.807) is 0 Å². The zero-order valence-corrected chi connectivity index (χ0v) is 11.3. The van der Waals surface area contributed by atoms with Crippen LogP contribution in [0.1, 0.15) is 31.4 Å². The van der Waals surface area contributed by atoms with Crippen LogP contribution in [0.2, 0.25) is 0 Å². The van der Waals surface area contributed by atoms with E-state index in [0.717, 1.165) is 32.5 Å². The summed E-state index contributed by atoms with van der Waals surface area (Å²) in [5, 5.41) is 7.19. The molecule has 2 aliphatic rings. The number of benzene rings is 1. The minimum Gasteiger partial charge on any atom is -0.384 e. The average Bonchev–Trinajstić information content (AvgIpc) is 2.95. The zero-order valence-electron chi connectivity index (χ0n) is 11.3. The molecular formula is C15H22N2O. The third-order valence-electron chi connectivity index (χ3n) is 4.50. The van der Waals surface area contributed by atoms with Gasteiger partial charge in [0.2, 0.25) is 0 Å². The van der Waals surface area contributed by atoms with Gasteiger partial charge in [0, 0.05) is 30.9 Å². The van der Waals surface area contributed by atoms with Crippen LogP contribution in [0.4, 0.5) is 5.69 Å². The van der Waals surface area contributed by atoms with Crippen molar-refractivity contribution in [3.8, 4) is 0 Å². The van der Waals surface area contributed by atoms with Crippen molar-refractivity contribution < 1.29 is 4.74 Å². The van der Waals surface area contributed by atoms with Crippen molar-refractivity contribution in [1.82, 2.24) is 5.32 Å². The van der Waals surface area contributed by atoms with Gasteiger partial charge >= 0.3 is 0 Å². The van der Waals surface area contributed by atoms with E-state index in [0.29, 0.717) is 6.10 Å². The Kier molecular flexibility index (Phi) is 3.04. The molecular weight excluding hydrogens is 224 g/mol. The summed E-state index contributed by atoms with van der Waals surface area (Å²) in [4.78, 5) is 0. The largest absolute Gasteiger partial charge is 0.384 e. The fraction of sp³-hybridized carbons (Fsp3) is 0.600. The molecule has 2 aliphatic heterocycles. The van der Waals surface area contributed by atoms with Gasteiger partial charge in [-0.3, -0.25) is 0 Å². The van der Waals surface area contributed by atoms with Gasteiger partial charge in [-0.2, -0.15) is 0 Å². The number of hydrogen-bond acceptors (Lipinski definition) is 3. The standard InChI is InChI=1S/C15H22N2O/c1-11-15(2,7-9-18-11)17-10-13-5-3-4-12-6-8-16-14(12)13/h3-5,11,16-17H,6-10H2,1-2H3. The molecule has 2 unspecified atom stereocenters. The number of para-hydroxylation sites is 1. The summed E-state index contributed by atoms with van der Waals surface area (Å²) in [6, 6.07) is 6.61. The highest BCUT2D eigenvalue weighted by molar-refractivity contribution is 5.61. The van der Waals surface area contributed by atoms with Crippen molar-refractivity contribution in [2.45, 2.75) is 44.9 Å². The highest BCUT2D eigenvalue weighted by Crippen LogP contribution is 2.29. The number of nitrogens with one attached hydrogen (secondary N) is 2. The Hall–Kier alpha value is -1.06. The van der Waals surface area contributed by atoms with E-state index in [4.69, 9.17) is 4.74 Å². The second-order valence-corrected chi connectivity index (χ2v) is 5.66. The molecule has 3 heteroatoms. The fourth-order valence-corrected chi connectivity index (χ4v) is 2.92. The molecule has 0 aromatic heterocycles. The molecule has 0 amide bonds. The number of hydrogen-bond donors (Lipinski definition) is 2. The maximum atomic E-state index is 5.67. The van der Waals surface area contributed by atoms with E-state index in [2.05, 4.69) is 42.7 Å². The molecule has 0 saturated carbocycles. The second kappa shape index (κ2) is 4.56. The third-order valence-corrected chi connectivity index (χ3v) is 4.50. The number of anilines is 1. The number of ether oxygens (including phenoxy) is 1. The Morgan fingerprint density at radius 1 is 1.50 bits per heavy atom. The van der Waals surface area contributed by atoms with Gasteiger partial charge in [0.25, 0.3) is 0 Å². The summed E-state index contributed by atoms with van der Waals surface area (Å²) in [5.74, 6) is 0. The number of fused-ring (bicyclic) bond motifs is 1. The first-order chi connectivity index (χ1) is 8.69. The van der Waals surface area contributed by atoms with Crippen molar-refractivity contribution in [3.05, 3.63) is 29.3 Å². The van der Waals surface area contributed by atoms with E-state index < -0.39 is 0 Å². The summed E-state index contributed by atoms with van der Waals surface area (Å²) in [7, 11) is 0. The molecule has 1 fully saturated rings. The molecule has 3 nitrogen and oxygen atoms in total. The third kappa shape index (κ3) is 2.02. The van der Waals surface area contributed by atoms with Gasteiger partial charge in [-0.15, -0.1) is 0 Å². The lowest BCUT2D eigenvalue weighted by molar-refractivity contribution is 0.0881. The van der Waals surface area contributed by atoms with Crippen LogP contribution in [0.15, 0.2) is 18.2 Å². The lowest BCUT2D eigenvalue weighted by Crippen LogP contribution is -2.47. The first-order valence-corrected chi connectivity index (χ1v) is 6.90. The van der Waals surface area contributed by atoms with Gasteiger partial charge in [0.05, 0.1) is 6.10 Å². The van der Waals surface area contributed by atoms with Gasteiger partial charge < -0.3 is 15.4 Å². The van der Waals surface area contributed by atoms with Crippen LogP contribution in [-0.4, -0.2) is 24.8 Å². The SMILES string of the molecule is CC1OCCC1(C)NCc1cccc2c1NCC2. The first-order valence-electron chi connectivity index (χ1n) is 6.90. The minimum absolute atomic E-state index is 0.112. The quantitative estimate of drug-likeness (QED) is 0.858. The van der Waals surface area contributed by atoms with E-state index in [-0.39, 0.29) is 5.54 Å². The minimum atomic E-state index is 0.112. The highest BCUT2D eigenvalue weighted by Gasteiger charge is 2.36. The van der Waals surface area contributed by atoms with Gasteiger partial charge in [-0.05, 0) is 37.8 Å². The van der Waals surface area contributed by atoms with Crippen LogP contribution < -0.4 is 10.6 Å². The van der Waals surface area contributed by atoms with Crippen LogP contribution in [0.5, 0.6) is 0 Å². The van der Waals surface area contributed by atoms with E-state index >= 15 is 0 Å². The van der Waals surface area contributed by atoms with Gasteiger partial charge in [-0.25, -0.2) is 0 Å². The Balaban J connectivity index is 1.72. The van der Waals surface area contributed by atoms with Crippen molar-refractivity contribution in [2.24, 2.45) is 0 Å². The molecule has 3 rings (SSSR count). The molecule has 1 saturated heterocycles. The Morgan fingerprint density at radius 3 is 3.17 bits per heavy atom. The summed E-state index contributed by atoms with van der Waals surface area (Å²) in [6.45, 7) is 7.29. The molecule has 98 valence electrons. The molecule has 0 spiro atoms. The molecule has 0 bridgehead atoms. The zero-order chi connectivity index (χ0) is 12.6. The molecule has 2 N–H and O–H groups in total. The van der Waals surface area contributed by atoms with Crippen molar-refractivity contribution >= 4 is 5.69 Å². The smallest absolute Gasteiger partial charge is 0.0726 e. The summed E-state index contributed by atoms with van der Waals surface area (Å²) in [6.07, 6.45) is 2.54. The van der Waals surface area contributed by atoms with Gasteiger partial charge in [0.1, 0.15) is 0 Å². The summed E-state index contributed by atoms with van der Waals surface area (Å²) < 4.78 is 5.67. The molecule has 0 radical (unpaired) electrons. The average molecular weight is 246 g/mol. The lowest BCUT2D eigenvalue weighted by atomic mass is 9.94. The Bertz CT molecular complexity index is 446. The Morgan fingerprint density at radius 2 is 2.39 bits per heavy atom. The predicted octanol–water partition coefficient (Wildman–Crippen LogP) is 2.31. The van der Waals surface area contributed by atoms with Gasteiger partial charge in [-0.1, -0.05) is 18.2 Å². The maximum Gasteiger partial charge on any atom is 0.0726 e. The maximum absolute atomic E-state index is 5.67. The molecule has 1 aromatic carbocycles. The molecule has 2 atom stereocenters. The summed E-state index contributed by atoms with van der Waals surface area (Å²) in [5.41, 5.74) is 4.29. The monoisotopic (exact) mass is 246 g/mol. The van der Waals surface area contributed by atoms with Crippen LogP contribution in [0.3, 0.4) is 0 Å². The van der Waals surface area contributed by atoms with E-state index in [9.17, 15) is 0 Å². The highest BCUT2D eigenvalue weighted by atomic mass is 16.5. The predicted molar refractivity (Wildman–Crippen MR) is 73.9 cm³/mol. The van der Waals surface area contributed by atoms with Crippen LogP contribution >= 0.6 is 0 Å².